The lowest BCUT2D eigenvalue weighted by atomic mass is 9.93. The van der Waals surface area contributed by atoms with Crippen LogP contribution >= 0.6 is 0 Å². The highest BCUT2D eigenvalue weighted by Gasteiger charge is 2.29. The van der Waals surface area contributed by atoms with E-state index >= 15 is 0 Å². The first-order valence-corrected chi connectivity index (χ1v) is 19.4. The molecule has 2 saturated heterocycles. The fourth-order valence-corrected chi connectivity index (χ4v) is 8.38. The molecule has 1 amide bonds. The number of aromatic nitrogens is 3. The summed E-state index contributed by atoms with van der Waals surface area (Å²) in [5.41, 5.74) is 7.45. The Bertz CT molecular complexity index is 1730. The summed E-state index contributed by atoms with van der Waals surface area (Å²) in [5, 5.41) is 14.9. The number of Topliss-reactive ketones (excluding diaryl/α,β-unsaturated/α-hetero) is 1. The average Bonchev–Trinajstić information content (AvgIpc) is 3.73. The van der Waals surface area contributed by atoms with Crippen molar-refractivity contribution in [2.45, 2.75) is 91.4 Å². The fourth-order valence-electron chi connectivity index (χ4n) is 8.38. The van der Waals surface area contributed by atoms with E-state index in [2.05, 4.69) is 58.0 Å². The SMILES string of the molecule is CCN1CCCc2ccc(CC[C@@H]3CCN(C[C@H](CC(=O)O)c4cc(N5CCN(C(=O)CCCC(C)=O)CC5)cc(-n5nc(C)cc5C)c4)C3)nc21. The second-order valence-electron chi connectivity index (χ2n) is 15.3. The quantitative estimate of drug-likeness (QED) is 0.216. The number of likely N-dealkylation sites (tertiary alicyclic amines) is 1. The number of pyridine rings is 1. The van der Waals surface area contributed by atoms with Crippen molar-refractivity contribution in [3.63, 3.8) is 0 Å². The van der Waals surface area contributed by atoms with Gasteiger partial charge in [-0.2, -0.15) is 5.10 Å². The molecule has 3 aliphatic rings. The zero-order valence-electron chi connectivity index (χ0n) is 31.6. The van der Waals surface area contributed by atoms with Crippen LogP contribution in [0.3, 0.4) is 0 Å². The van der Waals surface area contributed by atoms with Crippen LogP contribution in [0.4, 0.5) is 11.5 Å². The summed E-state index contributed by atoms with van der Waals surface area (Å²) in [5.74, 6) is 0.973. The molecule has 11 nitrogen and oxygen atoms in total. The highest BCUT2D eigenvalue weighted by molar-refractivity contribution is 5.79. The van der Waals surface area contributed by atoms with Gasteiger partial charge in [0, 0.05) is 88.2 Å². The molecule has 2 aromatic heterocycles. The summed E-state index contributed by atoms with van der Waals surface area (Å²) < 4.78 is 1.95. The summed E-state index contributed by atoms with van der Waals surface area (Å²) in [4.78, 5) is 50.7. The zero-order valence-corrected chi connectivity index (χ0v) is 31.6. The number of carboxylic acids is 1. The van der Waals surface area contributed by atoms with Gasteiger partial charge in [-0.05, 0) is 120 Å². The first-order chi connectivity index (χ1) is 25.1. The first-order valence-electron chi connectivity index (χ1n) is 19.4. The fraction of sp³-hybridized carbons (Fsp3) is 0.585. The van der Waals surface area contributed by atoms with Crippen LogP contribution in [0.5, 0.6) is 0 Å². The van der Waals surface area contributed by atoms with Crippen LogP contribution < -0.4 is 9.80 Å². The molecule has 6 rings (SSSR count). The molecule has 2 fully saturated rings. The highest BCUT2D eigenvalue weighted by atomic mass is 16.4. The molecule has 1 N–H and O–H groups in total. The number of carboxylic acid groups (broad SMARTS) is 1. The molecule has 5 heterocycles. The maximum atomic E-state index is 12.8. The Kier molecular flexibility index (Phi) is 12.3. The molecule has 52 heavy (non-hydrogen) atoms. The molecule has 11 heteroatoms. The third-order valence-corrected chi connectivity index (χ3v) is 11.2. The molecular weight excluding hydrogens is 654 g/mol. The van der Waals surface area contributed by atoms with Gasteiger partial charge >= 0.3 is 5.97 Å². The van der Waals surface area contributed by atoms with Gasteiger partial charge in [0.15, 0.2) is 0 Å². The number of aryl methyl sites for hydroxylation is 4. The molecule has 1 aromatic carbocycles. The maximum Gasteiger partial charge on any atom is 0.304 e. The summed E-state index contributed by atoms with van der Waals surface area (Å²) >= 11 is 0. The smallest absolute Gasteiger partial charge is 0.304 e. The summed E-state index contributed by atoms with van der Waals surface area (Å²) in [7, 11) is 0. The Labute approximate surface area is 309 Å². The molecule has 0 unspecified atom stereocenters. The van der Waals surface area contributed by atoms with Crippen LogP contribution in [0.1, 0.15) is 92.9 Å². The first kappa shape index (κ1) is 37.5. The molecule has 3 aliphatic heterocycles. The van der Waals surface area contributed by atoms with Crippen LogP contribution in [-0.2, 0) is 27.2 Å². The molecule has 2 atom stereocenters. The van der Waals surface area contributed by atoms with Gasteiger partial charge in [0.1, 0.15) is 11.6 Å². The Morgan fingerprint density at radius 2 is 1.75 bits per heavy atom. The van der Waals surface area contributed by atoms with E-state index in [0.717, 1.165) is 80.2 Å². The topological polar surface area (TPSA) is 115 Å². The molecule has 0 bridgehead atoms. The minimum atomic E-state index is -0.796. The van der Waals surface area contributed by atoms with Crippen molar-refractivity contribution in [1.29, 1.82) is 0 Å². The van der Waals surface area contributed by atoms with Crippen LogP contribution in [0.25, 0.3) is 5.69 Å². The van der Waals surface area contributed by atoms with Crippen molar-refractivity contribution in [2.75, 3.05) is 68.7 Å². The number of rotatable bonds is 15. The minimum absolute atomic E-state index is 0.0523. The molecule has 0 radical (unpaired) electrons. The second-order valence-corrected chi connectivity index (χ2v) is 15.3. The summed E-state index contributed by atoms with van der Waals surface area (Å²) in [6, 6.07) is 13.0. The van der Waals surface area contributed by atoms with E-state index in [1.54, 1.807) is 6.92 Å². The molecular formula is C41H57N7O4. The molecule has 280 valence electrons. The Morgan fingerprint density at radius 3 is 2.46 bits per heavy atom. The number of amides is 1. The van der Waals surface area contributed by atoms with Gasteiger partial charge < -0.3 is 29.5 Å². The van der Waals surface area contributed by atoms with Crippen LogP contribution in [0.2, 0.25) is 0 Å². The lowest BCUT2D eigenvalue weighted by molar-refractivity contribution is -0.137. The number of piperazine rings is 1. The average molecular weight is 712 g/mol. The number of ketones is 1. The van der Waals surface area contributed by atoms with Crippen LogP contribution in [0.15, 0.2) is 36.4 Å². The van der Waals surface area contributed by atoms with Crippen molar-refractivity contribution < 1.29 is 19.5 Å². The van der Waals surface area contributed by atoms with Crippen LogP contribution in [-0.4, -0.2) is 106 Å². The maximum absolute atomic E-state index is 12.8. The normalized spacial score (nSPS) is 18.5. The van der Waals surface area contributed by atoms with Crippen molar-refractivity contribution >= 4 is 29.2 Å². The van der Waals surface area contributed by atoms with E-state index in [1.807, 2.05) is 23.4 Å². The number of benzene rings is 1. The summed E-state index contributed by atoms with van der Waals surface area (Å²) in [6.45, 7) is 15.1. The van der Waals surface area contributed by atoms with E-state index in [4.69, 9.17) is 10.1 Å². The van der Waals surface area contributed by atoms with Crippen molar-refractivity contribution in [3.8, 4) is 5.69 Å². The van der Waals surface area contributed by atoms with Crippen LogP contribution in [0, 0.1) is 19.8 Å². The monoisotopic (exact) mass is 711 g/mol. The van der Waals surface area contributed by atoms with Gasteiger partial charge in [-0.15, -0.1) is 0 Å². The summed E-state index contributed by atoms with van der Waals surface area (Å²) in [6.07, 6.45) is 6.95. The predicted molar refractivity (Wildman–Crippen MR) is 205 cm³/mol. The Balaban J connectivity index is 1.15. The van der Waals surface area contributed by atoms with E-state index in [9.17, 15) is 19.5 Å². The van der Waals surface area contributed by atoms with E-state index in [-0.39, 0.29) is 24.0 Å². The van der Waals surface area contributed by atoms with E-state index in [0.29, 0.717) is 57.9 Å². The molecule has 3 aromatic rings. The number of anilines is 2. The van der Waals surface area contributed by atoms with E-state index in [1.165, 1.54) is 23.5 Å². The zero-order chi connectivity index (χ0) is 36.8. The van der Waals surface area contributed by atoms with Crippen molar-refractivity contribution in [3.05, 3.63) is 64.6 Å². The lowest BCUT2D eigenvalue weighted by Crippen LogP contribution is -2.48. The Morgan fingerprint density at radius 1 is 0.962 bits per heavy atom. The van der Waals surface area contributed by atoms with E-state index < -0.39 is 5.97 Å². The second kappa shape index (κ2) is 17.1. The van der Waals surface area contributed by atoms with Gasteiger partial charge in [0.05, 0.1) is 17.8 Å². The van der Waals surface area contributed by atoms with Gasteiger partial charge in [0.2, 0.25) is 5.91 Å². The number of carbonyl (C=O) groups excluding carboxylic acids is 2. The molecule has 0 saturated carbocycles. The standard InChI is InChI=1S/C41H57N7O4/c1-5-45-16-7-9-33-12-14-36(42-41(33)45)13-11-32-15-17-44(27-32)28-35(25-40(51)52)34-23-37(26-38(24-34)48-30(3)22-29(2)43-48)46-18-20-47(21-19-46)39(50)10-6-8-31(4)49/h12,14,22-24,26,32,35H,5-11,13,15-21,25,27-28H2,1-4H3,(H,51,52)/t32-,35+/m1/s1. The number of hydrogen-bond donors (Lipinski definition) is 1. The predicted octanol–water partition coefficient (Wildman–Crippen LogP) is 5.58. The third-order valence-electron chi connectivity index (χ3n) is 11.2. The van der Waals surface area contributed by atoms with Crippen molar-refractivity contribution in [1.82, 2.24) is 24.6 Å². The minimum Gasteiger partial charge on any atom is -0.481 e. The number of hydrogen-bond acceptors (Lipinski definition) is 8. The third kappa shape index (κ3) is 9.40. The van der Waals surface area contributed by atoms with Crippen molar-refractivity contribution in [2.24, 2.45) is 5.92 Å². The van der Waals surface area contributed by atoms with Gasteiger partial charge in [-0.1, -0.05) is 6.07 Å². The highest BCUT2D eigenvalue weighted by Crippen LogP contribution is 2.33. The number of carbonyl (C=O) groups is 3. The van der Waals surface area contributed by atoms with Gasteiger partial charge in [-0.25, -0.2) is 9.67 Å². The Hall–Kier alpha value is -4.25. The van der Waals surface area contributed by atoms with Gasteiger partial charge in [0.25, 0.3) is 0 Å². The number of nitrogens with zero attached hydrogens (tertiary/aromatic N) is 7. The van der Waals surface area contributed by atoms with Gasteiger partial charge in [-0.3, -0.25) is 9.59 Å². The lowest BCUT2D eigenvalue weighted by Gasteiger charge is -2.37. The number of aliphatic carboxylic acids is 1. The molecule has 0 spiro atoms. The largest absolute Gasteiger partial charge is 0.481 e. The molecule has 0 aliphatic carbocycles. The number of fused-ring (bicyclic) bond motifs is 1.